The lowest BCUT2D eigenvalue weighted by Crippen LogP contribution is -2.06. The molecule has 17 heavy (non-hydrogen) atoms. The van der Waals surface area contributed by atoms with Crippen LogP contribution in [0.3, 0.4) is 0 Å². The second-order valence-electron chi connectivity index (χ2n) is 3.72. The number of nitrogens with zero attached hydrogens (tertiary/aromatic N) is 2. The molecule has 1 aromatic heterocycles. The summed E-state index contributed by atoms with van der Waals surface area (Å²) in [5.74, 6) is 1.24. The minimum absolute atomic E-state index is 0.494. The highest BCUT2D eigenvalue weighted by atomic mass is 35.5. The van der Waals surface area contributed by atoms with E-state index >= 15 is 0 Å². The molecule has 88 valence electrons. The van der Waals surface area contributed by atoms with Crippen LogP contribution < -0.4 is 11.1 Å². The minimum atomic E-state index is 0.494. The van der Waals surface area contributed by atoms with Crippen LogP contribution in [0.5, 0.6) is 0 Å². The van der Waals surface area contributed by atoms with Crippen LogP contribution in [0.4, 0.5) is 11.6 Å². The molecule has 0 aliphatic carbocycles. The Labute approximate surface area is 105 Å². The van der Waals surface area contributed by atoms with Gasteiger partial charge in [-0.15, -0.1) is 0 Å². The fourth-order valence-corrected chi connectivity index (χ4v) is 1.69. The average molecular weight is 249 g/mol. The summed E-state index contributed by atoms with van der Waals surface area (Å²) in [5, 5.41) is 3.93. The lowest BCUT2D eigenvalue weighted by Gasteiger charge is -2.09. The number of nitrogen functional groups attached to an aromatic ring is 1. The van der Waals surface area contributed by atoms with Crippen molar-refractivity contribution in [3.8, 4) is 0 Å². The smallest absolute Gasteiger partial charge is 0.134 e. The first-order valence-corrected chi connectivity index (χ1v) is 5.60. The maximum Gasteiger partial charge on any atom is 0.134 e. The highest BCUT2D eigenvalue weighted by Crippen LogP contribution is 2.17. The Morgan fingerprint density at radius 3 is 2.94 bits per heavy atom. The van der Waals surface area contributed by atoms with E-state index in [1.807, 2.05) is 31.2 Å². The van der Waals surface area contributed by atoms with Gasteiger partial charge in [0.1, 0.15) is 18.0 Å². The third kappa shape index (κ3) is 2.85. The molecule has 0 radical (unpaired) electrons. The van der Waals surface area contributed by atoms with Gasteiger partial charge < -0.3 is 11.1 Å². The SMILES string of the molecule is Cc1c(N)ncnc1NCc1cccc(Cl)c1. The van der Waals surface area contributed by atoms with Crippen LogP contribution >= 0.6 is 11.6 Å². The van der Waals surface area contributed by atoms with Crippen molar-refractivity contribution in [2.75, 3.05) is 11.1 Å². The van der Waals surface area contributed by atoms with E-state index in [4.69, 9.17) is 17.3 Å². The average Bonchev–Trinajstić information content (AvgIpc) is 2.31. The zero-order chi connectivity index (χ0) is 12.3. The van der Waals surface area contributed by atoms with Gasteiger partial charge in [0.25, 0.3) is 0 Å². The predicted molar refractivity (Wildman–Crippen MR) is 70.0 cm³/mol. The van der Waals surface area contributed by atoms with Gasteiger partial charge >= 0.3 is 0 Å². The van der Waals surface area contributed by atoms with Crippen LogP contribution in [0.25, 0.3) is 0 Å². The number of nitrogens with one attached hydrogen (secondary N) is 1. The largest absolute Gasteiger partial charge is 0.383 e. The molecule has 0 aliphatic rings. The second-order valence-corrected chi connectivity index (χ2v) is 4.15. The van der Waals surface area contributed by atoms with Crippen LogP contribution in [0.15, 0.2) is 30.6 Å². The third-order valence-electron chi connectivity index (χ3n) is 2.47. The molecule has 2 rings (SSSR count). The molecule has 0 bridgehead atoms. The number of aromatic nitrogens is 2. The molecule has 1 heterocycles. The predicted octanol–water partition coefficient (Wildman–Crippen LogP) is 2.63. The monoisotopic (exact) mass is 248 g/mol. The number of halogens is 1. The van der Waals surface area contributed by atoms with Gasteiger partial charge in [-0.1, -0.05) is 23.7 Å². The lowest BCUT2D eigenvalue weighted by atomic mass is 10.2. The third-order valence-corrected chi connectivity index (χ3v) is 2.71. The molecule has 5 heteroatoms. The molecule has 0 fully saturated rings. The van der Waals surface area contributed by atoms with Crippen molar-refractivity contribution in [1.82, 2.24) is 9.97 Å². The summed E-state index contributed by atoms with van der Waals surface area (Å²) in [5.41, 5.74) is 7.65. The molecule has 0 saturated heterocycles. The molecule has 2 aromatic rings. The number of nitrogens with two attached hydrogens (primary N) is 1. The maximum absolute atomic E-state index is 5.91. The van der Waals surface area contributed by atoms with Gasteiger partial charge in [0, 0.05) is 17.1 Å². The quantitative estimate of drug-likeness (QED) is 0.877. The van der Waals surface area contributed by atoms with E-state index in [2.05, 4.69) is 15.3 Å². The van der Waals surface area contributed by atoms with E-state index in [0.29, 0.717) is 12.4 Å². The Kier molecular flexibility index (Phi) is 3.44. The zero-order valence-electron chi connectivity index (χ0n) is 9.44. The van der Waals surface area contributed by atoms with Crippen LogP contribution in [-0.4, -0.2) is 9.97 Å². The molecule has 0 saturated carbocycles. The highest BCUT2D eigenvalue weighted by Gasteiger charge is 2.03. The van der Waals surface area contributed by atoms with E-state index in [1.165, 1.54) is 6.33 Å². The molecule has 0 unspecified atom stereocenters. The van der Waals surface area contributed by atoms with E-state index in [0.717, 1.165) is 22.0 Å². The molecule has 4 nitrogen and oxygen atoms in total. The number of benzene rings is 1. The molecule has 0 amide bonds. The van der Waals surface area contributed by atoms with Gasteiger partial charge in [0.15, 0.2) is 0 Å². The summed E-state index contributed by atoms with van der Waals surface area (Å²) in [6.07, 6.45) is 1.45. The van der Waals surface area contributed by atoms with Gasteiger partial charge in [0.05, 0.1) is 0 Å². The lowest BCUT2D eigenvalue weighted by molar-refractivity contribution is 1.06. The number of rotatable bonds is 3. The molecular formula is C12H13ClN4. The van der Waals surface area contributed by atoms with Crippen molar-refractivity contribution < 1.29 is 0 Å². The van der Waals surface area contributed by atoms with Crippen molar-refractivity contribution in [2.24, 2.45) is 0 Å². The standard InChI is InChI=1S/C12H13ClN4/c1-8-11(14)16-7-17-12(8)15-6-9-3-2-4-10(13)5-9/h2-5,7H,6H2,1H3,(H3,14,15,16,17). The fraction of sp³-hybridized carbons (Fsp3) is 0.167. The maximum atomic E-state index is 5.91. The van der Waals surface area contributed by atoms with Gasteiger partial charge in [-0.2, -0.15) is 0 Å². The zero-order valence-corrected chi connectivity index (χ0v) is 10.2. The van der Waals surface area contributed by atoms with Crippen LogP contribution in [0.2, 0.25) is 5.02 Å². The Morgan fingerprint density at radius 1 is 1.35 bits per heavy atom. The van der Waals surface area contributed by atoms with Gasteiger partial charge in [-0.3, -0.25) is 0 Å². The van der Waals surface area contributed by atoms with Gasteiger partial charge in [0.2, 0.25) is 0 Å². The Morgan fingerprint density at radius 2 is 2.18 bits per heavy atom. The molecule has 0 atom stereocenters. The second kappa shape index (κ2) is 5.01. The molecule has 0 spiro atoms. The molecular weight excluding hydrogens is 236 g/mol. The van der Waals surface area contributed by atoms with Crippen molar-refractivity contribution in [3.05, 3.63) is 46.7 Å². The van der Waals surface area contributed by atoms with Crippen LogP contribution in [0, 0.1) is 6.92 Å². The Balaban J connectivity index is 2.10. The molecule has 1 aromatic carbocycles. The molecule has 3 N–H and O–H groups in total. The number of hydrogen-bond donors (Lipinski definition) is 2. The van der Waals surface area contributed by atoms with Crippen molar-refractivity contribution in [1.29, 1.82) is 0 Å². The topological polar surface area (TPSA) is 63.8 Å². The normalized spacial score (nSPS) is 10.2. The first-order valence-electron chi connectivity index (χ1n) is 5.22. The first-order chi connectivity index (χ1) is 8.16. The summed E-state index contributed by atoms with van der Waals surface area (Å²) < 4.78 is 0. The van der Waals surface area contributed by atoms with Crippen molar-refractivity contribution >= 4 is 23.2 Å². The van der Waals surface area contributed by atoms with E-state index in [-0.39, 0.29) is 0 Å². The summed E-state index contributed by atoms with van der Waals surface area (Å²) in [6.45, 7) is 2.54. The Bertz CT molecular complexity index is 528. The number of anilines is 2. The first kappa shape index (κ1) is 11.7. The van der Waals surface area contributed by atoms with Gasteiger partial charge in [-0.05, 0) is 24.6 Å². The summed E-state index contributed by atoms with van der Waals surface area (Å²) in [6, 6.07) is 7.67. The van der Waals surface area contributed by atoms with Crippen molar-refractivity contribution in [3.63, 3.8) is 0 Å². The van der Waals surface area contributed by atoms with Gasteiger partial charge in [-0.25, -0.2) is 9.97 Å². The van der Waals surface area contributed by atoms with E-state index in [9.17, 15) is 0 Å². The van der Waals surface area contributed by atoms with E-state index < -0.39 is 0 Å². The van der Waals surface area contributed by atoms with Crippen LogP contribution in [0.1, 0.15) is 11.1 Å². The minimum Gasteiger partial charge on any atom is -0.383 e. The number of hydrogen-bond acceptors (Lipinski definition) is 4. The molecule has 0 aliphatic heterocycles. The van der Waals surface area contributed by atoms with Crippen molar-refractivity contribution in [2.45, 2.75) is 13.5 Å². The summed E-state index contributed by atoms with van der Waals surface area (Å²) in [7, 11) is 0. The fourth-order valence-electron chi connectivity index (χ4n) is 1.47. The Hall–Kier alpha value is -1.81. The van der Waals surface area contributed by atoms with Crippen LogP contribution in [-0.2, 0) is 6.54 Å². The summed E-state index contributed by atoms with van der Waals surface area (Å²) >= 11 is 5.91. The van der Waals surface area contributed by atoms with E-state index in [1.54, 1.807) is 0 Å². The summed E-state index contributed by atoms with van der Waals surface area (Å²) in [4.78, 5) is 8.06. The highest BCUT2D eigenvalue weighted by molar-refractivity contribution is 6.30.